The number of nitrogens with zero attached hydrogens (tertiary/aromatic N) is 2. The van der Waals surface area contributed by atoms with Crippen LogP contribution in [0.25, 0.3) is 0 Å². The smallest absolute Gasteiger partial charge is 0.0325 e. The first-order valence-corrected chi connectivity index (χ1v) is 5.84. The molecule has 2 aliphatic rings. The average molecular weight is 197 g/mol. The lowest BCUT2D eigenvalue weighted by molar-refractivity contribution is 0.149. The Bertz CT molecular complexity index is 187. The van der Waals surface area contributed by atoms with Gasteiger partial charge in [0.15, 0.2) is 0 Å². The van der Waals surface area contributed by atoms with Gasteiger partial charge in [0, 0.05) is 37.8 Å². The summed E-state index contributed by atoms with van der Waals surface area (Å²) in [6.07, 6.45) is 1.33. The highest BCUT2D eigenvalue weighted by molar-refractivity contribution is 4.90. The molecule has 1 N–H and O–H groups in total. The summed E-state index contributed by atoms with van der Waals surface area (Å²) in [6.45, 7) is 9.57. The quantitative estimate of drug-likeness (QED) is 0.705. The Morgan fingerprint density at radius 3 is 2.36 bits per heavy atom. The largest absolute Gasteiger partial charge is 0.307 e. The van der Waals surface area contributed by atoms with Crippen molar-refractivity contribution in [3.05, 3.63) is 0 Å². The van der Waals surface area contributed by atoms with Gasteiger partial charge in [-0.1, -0.05) is 0 Å². The zero-order valence-corrected chi connectivity index (χ0v) is 9.66. The summed E-state index contributed by atoms with van der Waals surface area (Å²) in [5.74, 6) is 0. The highest BCUT2D eigenvalue weighted by Gasteiger charge is 2.29. The molecule has 3 heteroatoms. The van der Waals surface area contributed by atoms with Crippen molar-refractivity contribution in [2.45, 2.75) is 38.4 Å². The third kappa shape index (κ3) is 2.27. The van der Waals surface area contributed by atoms with Crippen LogP contribution in [0.1, 0.15) is 20.3 Å². The molecule has 0 saturated carbocycles. The summed E-state index contributed by atoms with van der Waals surface area (Å²) in [6, 6.07) is 2.22. The Kier molecular flexibility index (Phi) is 3.10. The van der Waals surface area contributed by atoms with E-state index in [1.54, 1.807) is 0 Å². The Labute approximate surface area is 87.4 Å². The molecular formula is C11H23N3. The molecule has 14 heavy (non-hydrogen) atoms. The van der Waals surface area contributed by atoms with E-state index in [0.717, 1.165) is 12.1 Å². The number of hydrogen-bond acceptors (Lipinski definition) is 3. The minimum atomic E-state index is 0.714. The van der Waals surface area contributed by atoms with Crippen molar-refractivity contribution in [1.29, 1.82) is 0 Å². The molecule has 2 saturated heterocycles. The second-order valence-electron chi connectivity index (χ2n) is 5.16. The first-order valence-electron chi connectivity index (χ1n) is 5.84. The summed E-state index contributed by atoms with van der Waals surface area (Å²) >= 11 is 0. The van der Waals surface area contributed by atoms with Gasteiger partial charge in [-0.2, -0.15) is 0 Å². The van der Waals surface area contributed by atoms with Gasteiger partial charge in [-0.3, -0.25) is 4.90 Å². The number of likely N-dealkylation sites (N-methyl/N-ethyl adjacent to an activating group) is 1. The average Bonchev–Trinajstić information content (AvgIpc) is 2.50. The molecule has 2 heterocycles. The first-order chi connectivity index (χ1) is 6.65. The van der Waals surface area contributed by atoms with Gasteiger partial charge in [-0.05, 0) is 33.9 Å². The van der Waals surface area contributed by atoms with E-state index in [1.807, 2.05) is 0 Å². The molecule has 3 nitrogen and oxygen atoms in total. The van der Waals surface area contributed by atoms with Crippen LogP contribution in [0, 0.1) is 0 Å². The van der Waals surface area contributed by atoms with Crippen molar-refractivity contribution in [3.63, 3.8) is 0 Å². The highest BCUT2D eigenvalue weighted by Crippen LogP contribution is 2.14. The van der Waals surface area contributed by atoms with Crippen molar-refractivity contribution in [2.75, 3.05) is 33.2 Å². The second kappa shape index (κ2) is 4.17. The third-order valence-electron chi connectivity index (χ3n) is 3.49. The maximum absolute atomic E-state index is 3.75. The van der Waals surface area contributed by atoms with Crippen LogP contribution in [0.5, 0.6) is 0 Å². The van der Waals surface area contributed by atoms with Crippen molar-refractivity contribution in [2.24, 2.45) is 0 Å². The summed E-state index contributed by atoms with van der Waals surface area (Å²) in [5.41, 5.74) is 0. The third-order valence-corrected chi connectivity index (χ3v) is 3.49. The van der Waals surface area contributed by atoms with Gasteiger partial charge in [-0.15, -0.1) is 0 Å². The number of likely N-dealkylation sites (tertiary alicyclic amines) is 2. The summed E-state index contributed by atoms with van der Waals surface area (Å²) in [4.78, 5) is 4.94. The zero-order valence-electron chi connectivity index (χ0n) is 9.66. The minimum absolute atomic E-state index is 0.714. The molecular weight excluding hydrogens is 174 g/mol. The Hall–Kier alpha value is -0.120. The predicted octanol–water partition coefficient (Wildman–Crippen LogP) is 0.373. The van der Waals surface area contributed by atoms with E-state index in [2.05, 4.69) is 36.0 Å². The van der Waals surface area contributed by atoms with Crippen LogP contribution in [0.15, 0.2) is 0 Å². The van der Waals surface area contributed by atoms with Crippen LogP contribution in [-0.4, -0.2) is 61.2 Å². The monoisotopic (exact) mass is 197 g/mol. The second-order valence-corrected chi connectivity index (χ2v) is 5.16. The fourth-order valence-electron chi connectivity index (χ4n) is 2.53. The normalized spacial score (nSPS) is 31.3. The van der Waals surface area contributed by atoms with Crippen molar-refractivity contribution in [3.8, 4) is 0 Å². The van der Waals surface area contributed by atoms with E-state index in [4.69, 9.17) is 0 Å². The molecule has 1 atom stereocenters. The molecule has 0 aromatic heterocycles. The maximum atomic E-state index is 3.75. The number of rotatable bonds is 3. The van der Waals surface area contributed by atoms with Crippen molar-refractivity contribution < 1.29 is 0 Å². The van der Waals surface area contributed by atoms with E-state index < -0.39 is 0 Å². The van der Waals surface area contributed by atoms with Crippen molar-refractivity contribution in [1.82, 2.24) is 15.1 Å². The molecule has 0 aromatic carbocycles. The van der Waals surface area contributed by atoms with Gasteiger partial charge in [0.05, 0.1) is 0 Å². The highest BCUT2D eigenvalue weighted by atomic mass is 15.3. The maximum Gasteiger partial charge on any atom is 0.0325 e. The molecule has 0 radical (unpaired) electrons. The molecule has 1 unspecified atom stereocenters. The standard InChI is InChI=1S/C11H23N3/c1-9(2)14-5-4-10(8-14)12-11-6-13(3)7-11/h9-12H,4-8H2,1-3H3. The van der Waals surface area contributed by atoms with Crippen molar-refractivity contribution >= 4 is 0 Å². The molecule has 0 aliphatic carbocycles. The number of nitrogens with one attached hydrogen (secondary N) is 1. The van der Waals surface area contributed by atoms with Gasteiger partial charge in [0.2, 0.25) is 0 Å². The van der Waals surface area contributed by atoms with E-state index in [9.17, 15) is 0 Å². The summed E-state index contributed by atoms with van der Waals surface area (Å²) < 4.78 is 0. The SMILES string of the molecule is CC(C)N1CCC(NC2CN(C)C2)C1. The Morgan fingerprint density at radius 2 is 1.86 bits per heavy atom. The van der Waals surface area contributed by atoms with Gasteiger partial charge in [0.1, 0.15) is 0 Å². The van der Waals surface area contributed by atoms with Gasteiger partial charge >= 0.3 is 0 Å². The van der Waals surface area contributed by atoms with Crippen LogP contribution in [0.2, 0.25) is 0 Å². The molecule has 2 fully saturated rings. The van der Waals surface area contributed by atoms with Gasteiger partial charge < -0.3 is 10.2 Å². The van der Waals surface area contributed by atoms with E-state index in [-0.39, 0.29) is 0 Å². The molecule has 2 rings (SSSR count). The number of hydrogen-bond donors (Lipinski definition) is 1. The lowest BCUT2D eigenvalue weighted by Gasteiger charge is -2.38. The fraction of sp³-hybridized carbons (Fsp3) is 1.00. The fourth-order valence-corrected chi connectivity index (χ4v) is 2.53. The molecule has 0 amide bonds. The van der Waals surface area contributed by atoms with Crippen LogP contribution in [0.4, 0.5) is 0 Å². The molecule has 0 bridgehead atoms. The van der Waals surface area contributed by atoms with Crippen LogP contribution in [0.3, 0.4) is 0 Å². The molecule has 0 spiro atoms. The Balaban J connectivity index is 1.69. The Morgan fingerprint density at radius 1 is 1.14 bits per heavy atom. The zero-order chi connectivity index (χ0) is 10.1. The lowest BCUT2D eigenvalue weighted by atomic mass is 10.1. The molecule has 0 aromatic rings. The molecule has 82 valence electrons. The van der Waals surface area contributed by atoms with E-state index in [1.165, 1.54) is 32.6 Å². The topological polar surface area (TPSA) is 18.5 Å². The first kappa shape index (κ1) is 10.4. The molecule has 2 aliphatic heterocycles. The van der Waals surface area contributed by atoms with Gasteiger partial charge in [-0.25, -0.2) is 0 Å². The summed E-state index contributed by atoms with van der Waals surface area (Å²) in [7, 11) is 2.19. The van der Waals surface area contributed by atoms with Gasteiger partial charge in [0.25, 0.3) is 0 Å². The lowest BCUT2D eigenvalue weighted by Crippen LogP contribution is -2.58. The van der Waals surface area contributed by atoms with Crippen LogP contribution >= 0.6 is 0 Å². The minimum Gasteiger partial charge on any atom is -0.307 e. The van der Waals surface area contributed by atoms with E-state index >= 15 is 0 Å². The van der Waals surface area contributed by atoms with Crippen LogP contribution in [-0.2, 0) is 0 Å². The summed E-state index contributed by atoms with van der Waals surface area (Å²) in [5, 5.41) is 3.75. The predicted molar refractivity (Wildman–Crippen MR) is 59.5 cm³/mol. The van der Waals surface area contributed by atoms with Crippen LogP contribution < -0.4 is 5.32 Å². The van der Waals surface area contributed by atoms with E-state index in [0.29, 0.717) is 6.04 Å².